The van der Waals surface area contributed by atoms with E-state index in [1.54, 1.807) is 0 Å². The molecule has 0 aliphatic heterocycles. The third kappa shape index (κ3) is 2.49. The van der Waals surface area contributed by atoms with E-state index in [-0.39, 0.29) is 12.0 Å². The number of hydrogen-bond acceptors (Lipinski definition) is 4. The first kappa shape index (κ1) is 14.6. The van der Waals surface area contributed by atoms with Crippen molar-refractivity contribution in [3.8, 4) is 0 Å². The summed E-state index contributed by atoms with van der Waals surface area (Å²) in [7, 11) is 0. The molecule has 0 atom stereocenters. The highest BCUT2D eigenvalue weighted by atomic mass is 19.3. The number of esters is 1. The quantitative estimate of drug-likeness (QED) is 0.338. The Morgan fingerprint density at radius 1 is 1.10 bits per heavy atom. The second-order valence-electron chi connectivity index (χ2n) is 7.05. The number of ketones is 1. The van der Waals surface area contributed by atoms with Crippen molar-refractivity contribution in [2.45, 2.75) is 44.4 Å². The zero-order valence-corrected chi connectivity index (χ0v) is 11.6. The van der Waals surface area contributed by atoms with Crippen LogP contribution in [0.1, 0.15) is 38.5 Å². The number of carbonyl (C=O) groups is 3. The minimum atomic E-state index is -4.36. The van der Waals surface area contributed by atoms with Crippen LogP contribution >= 0.6 is 0 Å². The molecule has 4 saturated carbocycles. The van der Waals surface area contributed by atoms with Crippen molar-refractivity contribution in [3.63, 3.8) is 0 Å². The Morgan fingerprint density at radius 2 is 1.57 bits per heavy atom. The summed E-state index contributed by atoms with van der Waals surface area (Å²) in [6.45, 7) is -0.0585. The van der Waals surface area contributed by atoms with Gasteiger partial charge < -0.3 is 4.74 Å². The Bertz CT molecular complexity index is 451. The summed E-state index contributed by atoms with van der Waals surface area (Å²) in [5, 5.41) is 0. The largest absolute Gasteiger partial charge is 0.460 e. The minimum absolute atomic E-state index is 0.0585. The molecule has 4 bridgehead atoms. The van der Waals surface area contributed by atoms with E-state index < -0.39 is 24.0 Å². The standard InChI is InChI=1S/C15H18F2O4/c16-15(17,12(19)7-18)13(20)21-8-14-4-9-1-10(5-14)3-11(2-9)6-14/h7,9-11H,1-6,8H2. The van der Waals surface area contributed by atoms with Crippen molar-refractivity contribution in [1.29, 1.82) is 0 Å². The van der Waals surface area contributed by atoms with E-state index in [0.29, 0.717) is 17.8 Å². The highest BCUT2D eigenvalue weighted by Gasteiger charge is 2.53. The van der Waals surface area contributed by atoms with Gasteiger partial charge in [0.15, 0.2) is 6.29 Å². The second kappa shape index (κ2) is 4.85. The van der Waals surface area contributed by atoms with Gasteiger partial charge in [0.2, 0.25) is 0 Å². The van der Waals surface area contributed by atoms with E-state index in [1.165, 1.54) is 19.3 Å². The summed E-state index contributed by atoms with van der Waals surface area (Å²) in [6, 6.07) is 0. The summed E-state index contributed by atoms with van der Waals surface area (Å²) in [4.78, 5) is 32.3. The van der Waals surface area contributed by atoms with Crippen molar-refractivity contribution in [2.24, 2.45) is 23.2 Å². The molecule has 4 aliphatic rings. The van der Waals surface area contributed by atoms with Crippen LogP contribution in [0.25, 0.3) is 0 Å². The normalized spacial score (nSPS) is 37.3. The average molecular weight is 300 g/mol. The molecule has 4 aliphatic carbocycles. The summed E-state index contributed by atoms with van der Waals surface area (Å²) in [5.74, 6) is -6.44. The van der Waals surface area contributed by atoms with Gasteiger partial charge in [-0.25, -0.2) is 4.79 Å². The van der Waals surface area contributed by atoms with Crippen LogP contribution in [0.3, 0.4) is 0 Å². The van der Waals surface area contributed by atoms with Crippen molar-refractivity contribution < 1.29 is 27.9 Å². The molecule has 4 fully saturated rings. The van der Waals surface area contributed by atoms with Gasteiger partial charge in [-0.3, -0.25) is 9.59 Å². The fourth-order valence-electron chi connectivity index (χ4n) is 4.95. The maximum Gasteiger partial charge on any atom is 0.406 e. The molecule has 4 rings (SSSR count). The number of aldehydes is 1. The van der Waals surface area contributed by atoms with Gasteiger partial charge in [-0.1, -0.05) is 0 Å². The van der Waals surface area contributed by atoms with Gasteiger partial charge in [0.05, 0.1) is 6.61 Å². The van der Waals surface area contributed by atoms with E-state index in [0.717, 1.165) is 19.3 Å². The van der Waals surface area contributed by atoms with E-state index in [9.17, 15) is 23.2 Å². The van der Waals surface area contributed by atoms with Gasteiger partial charge in [0.25, 0.3) is 5.78 Å². The van der Waals surface area contributed by atoms with E-state index in [4.69, 9.17) is 4.74 Å². The van der Waals surface area contributed by atoms with Gasteiger partial charge in [-0.05, 0) is 56.3 Å². The van der Waals surface area contributed by atoms with Gasteiger partial charge in [-0.2, -0.15) is 8.78 Å². The molecule has 0 amide bonds. The van der Waals surface area contributed by atoms with Crippen molar-refractivity contribution >= 4 is 18.0 Å². The Balaban J connectivity index is 1.64. The third-order valence-electron chi connectivity index (χ3n) is 5.35. The Labute approximate surface area is 121 Å². The smallest absolute Gasteiger partial charge is 0.406 e. The number of rotatable bonds is 5. The van der Waals surface area contributed by atoms with Gasteiger partial charge in [-0.15, -0.1) is 0 Å². The molecule has 0 spiro atoms. The molecule has 0 aromatic carbocycles. The highest BCUT2D eigenvalue weighted by molar-refractivity contribution is 6.33. The first-order valence-corrected chi connectivity index (χ1v) is 7.39. The van der Waals surface area contributed by atoms with E-state index in [2.05, 4.69) is 0 Å². The van der Waals surface area contributed by atoms with E-state index >= 15 is 0 Å². The SMILES string of the molecule is O=CC(=O)C(F)(F)C(=O)OCC12CC3CC(CC(C3)C1)C2. The first-order chi connectivity index (χ1) is 9.84. The number of carbonyl (C=O) groups excluding carboxylic acids is 3. The van der Waals surface area contributed by atoms with Crippen LogP contribution in [-0.2, 0) is 19.1 Å². The van der Waals surface area contributed by atoms with Gasteiger partial charge >= 0.3 is 11.9 Å². The average Bonchev–Trinajstić information content (AvgIpc) is 2.42. The zero-order chi connectivity index (χ0) is 15.3. The monoisotopic (exact) mass is 300 g/mol. The molecule has 0 aromatic heterocycles. The van der Waals surface area contributed by atoms with E-state index in [1.807, 2.05) is 0 Å². The molecule has 116 valence electrons. The fourth-order valence-corrected chi connectivity index (χ4v) is 4.95. The molecular weight excluding hydrogens is 282 g/mol. The number of alkyl halides is 2. The van der Waals surface area contributed by atoms with Gasteiger partial charge in [0.1, 0.15) is 0 Å². The lowest BCUT2D eigenvalue weighted by molar-refractivity contribution is -0.184. The Hall–Kier alpha value is -1.33. The van der Waals surface area contributed by atoms with Crippen LogP contribution in [0, 0.1) is 23.2 Å². The molecule has 0 radical (unpaired) electrons. The maximum atomic E-state index is 13.3. The van der Waals surface area contributed by atoms with Crippen molar-refractivity contribution in [2.75, 3.05) is 6.61 Å². The summed E-state index contributed by atoms with van der Waals surface area (Å²) in [5.41, 5.74) is -0.190. The van der Waals surface area contributed by atoms with Crippen LogP contribution in [0.4, 0.5) is 8.78 Å². The molecule has 0 aromatic rings. The molecule has 0 N–H and O–H groups in total. The minimum Gasteiger partial charge on any atom is -0.460 e. The number of Topliss-reactive ketones (excluding diaryl/α,β-unsaturated/α-hetero) is 1. The Kier molecular flexibility index (Phi) is 3.37. The van der Waals surface area contributed by atoms with Crippen molar-refractivity contribution in [3.05, 3.63) is 0 Å². The predicted octanol–water partition coefficient (Wildman–Crippen LogP) is 2.15. The summed E-state index contributed by atoms with van der Waals surface area (Å²) >= 11 is 0. The van der Waals surface area contributed by atoms with Crippen LogP contribution in [0.15, 0.2) is 0 Å². The molecule has 6 heteroatoms. The van der Waals surface area contributed by atoms with Crippen LogP contribution < -0.4 is 0 Å². The predicted molar refractivity (Wildman–Crippen MR) is 67.6 cm³/mol. The van der Waals surface area contributed by atoms with Crippen LogP contribution in [-0.4, -0.2) is 30.6 Å². The number of ether oxygens (including phenoxy) is 1. The summed E-state index contributed by atoms with van der Waals surface area (Å²) < 4.78 is 31.4. The third-order valence-corrected chi connectivity index (χ3v) is 5.35. The second-order valence-corrected chi connectivity index (χ2v) is 7.05. The van der Waals surface area contributed by atoms with Crippen LogP contribution in [0.2, 0.25) is 0 Å². The molecule has 0 heterocycles. The fraction of sp³-hybridized carbons (Fsp3) is 0.800. The zero-order valence-electron chi connectivity index (χ0n) is 11.6. The lowest BCUT2D eigenvalue weighted by Crippen LogP contribution is -2.49. The van der Waals surface area contributed by atoms with Crippen molar-refractivity contribution in [1.82, 2.24) is 0 Å². The van der Waals surface area contributed by atoms with Gasteiger partial charge in [0, 0.05) is 5.41 Å². The summed E-state index contributed by atoms with van der Waals surface area (Å²) in [6.07, 6.45) is 5.82. The topological polar surface area (TPSA) is 60.4 Å². The Morgan fingerprint density at radius 3 is 2.00 bits per heavy atom. The van der Waals surface area contributed by atoms with Crippen LogP contribution in [0.5, 0.6) is 0 Å². The molecule has 4 nitrogen and oxygen atoms in total. The molecular formula is C15H18F2O4. The highest BCUT2D eigenvalue weighted by Crippen LogP contribution is 2.60. The number of hydrogen-bond donors (Lipinski definition) is 0. The number of halogens is 2. The maximum absolute atomic E-state index is 13.3. The lowest BCUT2D eigenvalue weighted by atomic mass is 9.50. The molecule has 0 saturated heterocycles. The lowest BCUT2D eigenvalue weighted by Gasteiger charge is -2.56. The first-order valence-electron chi connectivity index (χ1n) is 7.39. The molecule has 0 unspecified atom stereocenters. The molecule has 21 heavy (non-hydrogen) atoms.